The normalized spacial score (nSPS) is 11.3. The lowest BCUT2D eigenvalue weighted by atomic mass is 10.2. The minimum absolute atomic E-state index is 0.0899. The molecular weight excluding hydrogens is 266 g/mol. The molecule has 0 atom stereocenters. The number of esters is 1. The Labute approximate surface area is 113 Å². The SMILES string of the molecule is CCCCCCOC(=O)c1cccc(S(N)(=O)=O)c1. The highest BCUT2D eigenvalue weighted by molar-refractivity contribution is 7.89. The number of hydrogen-bond acceptors (Lipinski definition) is 4. The van der Waals surface area contributed by atoms with Gasteiger partial charge in [0.1, 0.15) is 0 Å². The fourth-order valence-corrected chi connectivity index (χ4v) is 2.14. The van der Waals surface area contributed by atoms with Gasteiger partial charge in [0.2, 0.25) is 10.0 Å². The van der Waals surface area contributed by atoms with Gasteiger partial charge in [0.15, 0.2) is 0 Å². The minimum atomic E-state index is -3.80. The van der Waals surface area contributed by atoms with E-state index in [2.05, 4.69) is 6.92 Å². The fourth-order valence-electron chi connectivity index (χ4n) is 1.58. The van der Waals surface area contributed by atoms with Crippen molar-refractivity contribution in [3.05, 3.63) is 29.8 Å². The van der Waals surface area contributed by atoms with Crippen LogP contribution in [-0.2, 0) is 14.8 Å². The van der Waals surface area contributed by atoms with Crippen molar-refractivity contribution in [2.75, 3.05) is 6.61 Å². The van der Waals surface area contributed by atoms with Crippen LogP contribution in [0.3, 0.4) is 0 Å². The number of nitrogens with two attached hydrogens (primary N) is 1. The van der Waals surface area contributed by atoms with Gasteiger partial charge in [-0.15, -0.1) is 0 Å². The molecule has 1 aromatic rings. The molecular formula is C13H19NO4S. The summed E-state index contributed by atoms with van der Waals surface area (Å²) in [5.41, 5.74) is 0.196. The summed E-state index contributed by atoms with van der Waals surface area (Å²) in [6.45, 7) is 2.45. The van der Waals surface area contributed by atoms with E-state index < -0.39 is 16.0 Å². The quantitative estimate of drug-likeness (QED) is 0.613. The molecule has 0 saturated carbocycles. The Hall–Kier alpha value is -1.40. The van der Waals surface area contributed by atoms with Crippen LogP contribution < -0.4 is 5.14 Å². The lowest BCUT2D eigenvalue weighted by Crippen LogP contribution is -2.13. The Morgan fingerprint density at radius 3 is 2.63 bits per heavy atom. The number of benzene rings is 1. The van der Waals surface area contributed by atoms with E-state index in [9.17, 15) is 13.2 Å². The Morgan fingerprint density at radius 2 is 2.00 bits per heavy atom. The van der Waals surface area contributed by atoms with Crippen LogP contribution in [0.15, 0.2) is 29.2 Å². The molecule has 0 heterocycles. The van der Waals surface area contributed by atoms with Crippen LogP contribution in [0, 0.1) is 0 Å². The van der Waals surface area contributed by atoms with Gasteiger partial charge in [-0.1, -0.05) is 32.3 Å². The second-order valence-corrected chi connectivity index (χ2v) is 5.83. The Bertz CT molecular complexity index is 525. The number of sulfonamides is 1. The molecule has 0 fully saturated rings. The molecule has 0 saturated heterocycles. The zero-order valence-corrected chi connectivity index (χ0v) is 11.8. The van der Waals surface area contributed by atoms with Gasteiger partial charge >= 0.3 is 5.97 Å². The maximum Gasteiger partial charge on any atom is 0.338 e. The highest BCUT2D eigenvalue weighted by Gasteiger charge is 2.12. The van der Waals surface area contributed by atoms with Crippen LogP contribution >= 0.6 is 0 Å². The molecule has 0 spiro atoms. The Kier molecular flexibility index (Phi) is 5.98. The summed E-state index contributed by atoms with van der Waals surface area (Å²) in [5.74, 6) is -0.526. The predicted molar refractivity (Wildman–Crippen MR) is 72.2 cm³/mol. The third kappa shape index (κ3) is 5.40. The van der Waals surface area contributed by atoms with Gasteiger partial charge in [-0.2, -0.15) is 0 Å². The molecule has 5 nitrogen and oxygen atoms in total. The number of rotatable bonds is 7. The maximum atomic E-state index is 11.7. The molecule has 0 unspecified atom stereocenters. The van der Waals surface area contributed by atoms with Gasteiger partial charge in [0, 0.05) is 0 Å². The fraction of sp³-hybridized carbons (Fsp3) is 0.462. The summed E-state index contributed by atoms with van der Waals surface area (Å²) in [4.78, 5) is 11.6. The van der Waals surface area contributed by atoms with E-state index in [-0.39, 0.29) is 10.5 Å². The molecule has 0 amide bonds. The smallest absolute Gasteiger partial charge is 0.338 e. The van der Waals surface area contributed by atoms with Gasteiger partial charge in [-0.05, 0) is 24.6 Å². The number of unbranched alkanes of at least 4 members (excludes halogenated alkanes) is 3. The van der Waals surface area contributed by atoms with Gasteiger partial charge < -0.3 is 4.74 Å². The van der Waals surface area contributed by atoms with Gasteiger partial charge in [-0.25, -0.2) is 18.4 Å². The van der Waals surface area contributed by atoms with Crippen LogP contribution in [0.4, 0.5) is 0 Å². The van der Waals surface area contributed by atoms with Crippen LogP contribution in [0.25, 0.3) is 0 Å². The van der Waals surface area contributed by atoms with Crippen molar-refractivity contribution in [3.8, 4) is 0 Å². The first-order valence-corrected chi connectivity index (χ1v) is 7.79. The van der Waals surface area contributed by atoms with Crippen molar-refractivity contribution in [1.82, 2.24) is 0 Å². The predicted octanol–water partition coefficient (Wildman–Crippen LogP) is 2.07. The third-order valence-corrected chi connectivity index (χ3v) is 3.54. The second-order valence-electron chi connectivity index (χ2n) is 4.27. The Balaban J connectivity index is 2.58. The first kappa shape index (κ1) is 15.7. The molecule has 0 radical (unpaired) electrons. The van der Waals surface area contributed by atoms with Crippen molar-refractivity contribution in [2.24, 2.45) is 5.14 Å². The highest BCUT2D eigenvalue weighted by Crippen LogP contribution is 2.11. The van der Waals surface area contributed by atoms with Crippen LogP contribution in [0.5, 0.6) is 0 Å². The number of ether oxygens (including phenoxy) is 1. The average molecular weight is 285 g/mol. The van der Waals surface area contributed by atoms with Gasteiger partial charge in [-0.3, -0.25) is 0 Å². The average Bonchev–Trinajstić information content (AvgIpc) is 2.37. The summed E-state index contributed by atoms with van der Waals surface area (Å²) < 4.78 is 27.4. The van der Waals surface area contributed by atoms with Gasteiger partial charge in [0.05, 0.1) is 17.1 Å². The molecule has 2 N–H and O–H groups in total. The highest BCUT2D eigenvalue weighted by atomic mass is 32.2. The molecule has 19 heavy (non-hydrogen) atoms. The molecule has 0 aromatic heterocycles. The topological polar surface area (TPSA) is 86.5 Å². The monoisotopic (exact) mass is 285 g/mol. The van der Waals surface area contributed by atoms with Crippen molar-refractivity contribution in [3.63, 3.8) is 0 Å². The van der Waals surface area contributed by atoms with E-state index in [1.54, 1.807) is 0 Å². The summed E-state index contributed by atoms with van der Waals surface area (Å²) >= 11 is 0. The van der Waals surface area contributed by atoms with Crippen molar-refractivity contribution in [1.29, 1.82) is 0 Å². The summed E-state index contributed by atoms with van der Waals surface area (Å²) in [7, 11) is -3.80. The molecule has 1 aromatic carbocycles. The summed E-state index contributed by atoms with van der Waals surface area (Å²) in [6, 6.07) is 5.54. The third-order valence-electron chi connectivity index (χ3n) is 2.63. The number of carbonyl (C=O) groups excluding carboxylic acids is 1. The second kappa shape index (κ2) is 7.25. The van der Waals surface area contributed by atoms with Crippen molar-refractivity contribution in [2.45, 2.75) is 37.5 Å². The lowest BCUT2D eigenvalue weighted by molar-refractivity contribution is 0.0497. The first-order chi connectivity index (χ1) is 8.95. The van der Waals surface area contributed by atoms with E-state index in [1.807, 2.05) is 0 Å². The van der Waals surface area contributed by atoms with Crippen LogP contribution in [-0.4, -0.2) is 21.0 Å². The Morgan fingerprint density at radius 1 is 1.26 bits per heavy atom. The van der Waals surface area contributed by atoms with E-state index in [0.717, 1.165) is 25.7 Å². The number of hydrogen-bond donors (Lipinski definition) is 1. The first-order valence-electron chi connectivity index (χ1n) is 6.25. The molecule has 0 aliphatic carbocycles. The zero-order valence-electron chi connectivity index (χ0n) is 11.0. The lowest BCUT2D eigenvalue weighted by Gasteiger charge is -2.05. The van der Waals surface area contributed by atoms with Crippen molar-refractivity contribution < 1.29 is 17.9 Å². The minimum Gasteiger partial charge on any atom is -0.462 e. The molecule has 0 aliphatic rings. The van der Waals surface area contributed by atoms with Crippen LogP contribution in [0.1, 0.15) is 43.0 Å². The molecule has 6 heteroatoms. The standard InChI is InChI=1S/C13H19NO4S/c1-2-3-4-5-9-18-13(15)11-7-6-8-12(10-11)19(14,16)17/h6-8,10H,2-5,9H2,1H3,(H2,14,16,17). The molecule has 106 valence electrons. The van der Waals surface area contributed by atoms with E-state index in [0.29, 0.717) is 6.61 Å². The van der Waals surface area contributed by atoms with E-state index >= 15 is 0 Å². The number of carbonyl (C=O) groups is 1. The maximum absolute atomic E-state index is 11.7. The number of primary sulfonamides is 1. The van der Waals surface area contributed by atoms with Gasteiger partial charge in [0.25, 0.3) is 0 Å². The molecule has 1 rings (SSSR count). The largest absolute Gasteiger partial charge is 0.462 e. The van der Waals surface area contributed by atoms with Crippen LogP contribution in [0.2, 0.25) is 0 Å². The van der Waals surface area contributed by atoms with E-state index in [1.165, 1.54) is 24.3 Å². The summed E-state index contributed by atoms with van der Waals surface area (Å²) in [5, 5.41) is 5.00. The summed E-state index contributed by atoms with van der Waals surface area (Å²) in [6.07, 6.45) is 4.05. The zero-order chi connectivity index (χ0) is 14.3. The van der Waals surface area contributed by atoms with E-state index in [4.69, 9.17) is 9.88 Å². The van der Waals surface area contributed by atoms with Crippen molar-refractivity contribution >= 4 is 16.0 Å². The molecule has 0 bridgehead atoms. The molecule has 0 aliphatic heterocycles.